The summed E-state index contributed by atoms with van der Waals surface area (Å²) in [6.45, 7) is 0.243. The lowest BCUT2D eigenvalue weighted by molar-refractivity contribution is 0.398. The second-order valence-electron chi connectivity index (χ2n) is 5.33. The van der Waals surface area contributed by atoms with E-state index in [9.17, 15) is 8.42 Å². The topological polar surface area (TPSA) is 64.6 Å². The summed E-state index contributed by atoms with van der Waals surface area (Å²) < 4.78 is 37.5. The van der Waals surface area contributed by atoms with Gasteiger partial charge in [-0.2, -0.15) is 0 Å². The summed E-state index contributed by atoms with van der Waals surface area (Å²) in [6.07, 6.45) is 0.473. The molecule has 0 amide bonds. The van der Waals surface area contributed by atoms with Crippen LogP contribution in [0, 0.1) is 0 Å². The average Bonchev–Trinajstić information content (AvgIpc) is 2.57. The zero-order valence-electron chi connectivity index (χ0n) is 13.9. The van der Waals surface area contributed by atoms with Crippen molar-refractivity contribution < 1.29 is 17.9 Å². The van der Waals surface area contributed by atoms with E-state index < -0.39 is 10.0 Å². The molecule has 2 aromatic carbocycles. The summed E-state index contributed by atoms with van der Waals surface area (Å²) in [6, 6.07) is 10.2. The van der Waals surface area contributed by atoms with Crippen molar-refractivity contribution in [3.63, 3.8) is 0 Å². The fourth-order valence-electron chi connectivity index (χ4n) is 2.32. The zero-order chi connectivity index (χ0) is 18.4. The molecule has 0 fully saturated rings. The first-order valence-corrected chi connectivity index (χ1v) is 9.87. The minimum Gasteiger partial charge on any atom is -0.497 e. The largest absolute Gasteiger partial charge is 0.497 e. The first kappa shape index (κ1) is 19.8. The van der Waals surface area contributed by atoms with E-state index in [2.05, 4.69) is 4.72 Å². The van der Waals surface area contributed by atoms with Gasteiger partial charge in [-0.25, -0.2) is 13.1 Å². The Balaban J connectivity index is 1.99. The Morgan fingerprint density at radius 3 is 2.40 bits per heavy atom. The summed E-state index contributed by atoms with van der Waals surface area (Å²) in [5.41, 5.74) is 1.43. The molecule has 2 aromatic rings. The van der Waals surface area contributed by atoms with Crippen molar-refractivity contribution in [2.24, 2.45) is 0 Å². The molecular formula is C17H19Cl2NO4S. The molecule has 0 aliphatic heterocycles. The fraction of sp³-hybridized carbons (Fsp3) is 0.294. The van der Waals surface area contributed by atoms with Gasteiger partial charge < -0.3 is 9.47 Å². The van der Waals surface area contributed by atoms with Gasteiger partial charge in [0.2, 0.25) is 10.0 Å². The molecule has 0 radical (unpaired) electrons. The second kappa shape index (κ2) is 8.76. The van der Waals surface area contributed by atoms with Crippen molar-refractivity contribution >= 4 is 33.2 Å². The van der Waals surface area contributed by atoms with Crippen molar-refractivity contribution in [3.05, 3.63) is 57.6 Å². The number of ether oxygens (including phenoxy) is 2. The van der Waals surface area contributed by atoms with E-state index in [1.165, 1.54) is 0 Å². The third-order valence-corrected chi connectivity index (χ3v) is 5.64. The molecular weight excluding hydrogens is 385 g/mol. The molecule has 136 valence electrons. The molecule has 0 atom stereocenters. The number of hydrogen-bond acceptors (Lipinski definition) is 4. The van der Waals surface area contributed by atoms with Crippen molar-refractivity contribution in [1.29, 1.82) is 0 Å². The summed E-state index contributed by atoms with van der Waals surface area (Å²) in [4.78, 5) is 0. The van der Waals surface area contributed by atoms with Crippen LogP contribution in [-0.2, 0) is 22.2 Å². The number of nitrogens with one attached hydrogen (secondary N) is 1. The van der Waals surface area contributed by atoms with Gasteiger partial charge in [-0.3, -0.25) is 0 Å². The molecule has 0 aliphatic carbocycles. The molecule has 0 aliphatic rings. The molecule has 8 heteroatoms. The monoisotopic (exact) mass is 403 g/mol. The van der Waals surface area contributed by atoms with Crippen molar-refractivity contribution in [1.82, 2.24) is 4.72 Å². The van der Waals surface area contributed by atoms with Crippen LogP contribution in [0.3, 0.4) is 0 Å². The normalized spacial score (nSPS) is 11.4. The predicted molar refractivity (Wildman–Crippen MR) is 100 cm³/mol. The number of sulfonamides is 1. The molecule has 0 unspecified atom stereocenters. The van der Waals surface area contributed by atoms with Crippen molar-refractivity contribution in [2.45, 2.75) is 12.2 Å². The van der Waals surface area contributed by atoms with Gasteiger partial charge in [-0.15, -0.1) is 0 Å². The minimum absolute atomic E-state index is 0.168. The molecule has 0 heterocycles. The van der Waals surface area contributed by atoms with Crippen LogP contribution in [0.4, 0.5) is 0 Å². The highest BCUT2D eigenvalue weighted by molar-refractivity contribution is 7.88. The highest BCUT2D eigenvalue weighted by Crippen LogP contribution is 2.25. The highest BCUT2D eigenvalue weighted by Gasteiger charge is 2.13. The molecule has 0 spiro atoms. The average molecular weight is 404 g/mol. The zero-order valence-corrected chi connectivity index (χ0v) is 16.2. The molecule has 2 rings (SSSR count). The quantitative estimate of drug-likeness (QED) is 0.729. The van der Waals surface area contributed by atoms with Crippen LogP contribution in [-0.4, -0.2) is 29.2 Å². The van der Waals surface area contributed by atoms with E-state index in [0.29, 0.717) is 33.5 Å². The van der Waals surface area contributed by atoms with Crippen LogP contribution in [0.15, 0.2) is 36.4 Å². The van der Waals surface area contributed by atoms with Gasteiger partial charge in [0.05, 0.1) is 30.0 Å². The van der Waals surface area contributed by atoms with Gasteiger partial charge in [-0.05, 0) is 47.9 Å². The van der Waals surface area contributed by atoms with Gasteiger partial charge in [0.1, 0.15) is 11.5 Å². The van der Waals surface area contributed by atoms with E-state index in [0.717, 1.165) is 5.56 Å². The molecule has 0 saturated carbocycles. The Bertz CT molecular complexity index is 841. The van der Waals surface area contributed by atoms with Crippen LogP contribution in [0.25, 0.3) is 0 Å². The maximum atomic E-state index is 12.2. The summed E-state index contributed by atoms with van der Waals surface area (Å²) in [5, 5.41) is 0.719. The van der Waals surface area contributed by atoms with Crippen LogP contribution in [0.1, 0.15) is 11.1 Å². The number of halogens is 2. The van der Waals surface area contributed by atoms with Gasteiger partial charge in [-0.1, -0.05) is 29.3 Å². The van der Waals surface area contributed by atoms with Crippen LogP contribution in [0.5, 0.6) is 11.5 Å². The van der Waals surface area contributed by atoms with Crippen LogP contribution in [0.2, 0.25) is 10.0 Å². The Labute approximate surface area is 157 Å². The third-order valence-electron chi connectivity index (χ3n) is 3.54. The van der Waals surface area contributed by atoms with Crippen LogP contribution < -0.4 is 14.2 Å². The highest BCUT2D eigenvalue weighted by atomic mass is 35.5. The fourth-order valence-corrected chi connectivity index (χ4v) is 3.77. The molecule has 0 bridgehead atoms. The van der Waals surface area contributed by atoms with Gasteiger partial charge in [0.25, 0.3) is 0 Å². The van der Waals surface area contributed by atoms with E-state index in [1.54, 1.807) is 44.6 Å². The first-order chi connectivity index (χ1) is 11.8. The van der Waals surface area contributed by atoms with Crippen molar-refractivity contribution in [3.8, 4) is 11.5 Å². The molecule has 1 N–H and O–H groups in total. The third kappa shape index (κ3) is 5.78. The van der Waals surface area contributed by atoms with Gasteiger partial charge in [0, 0.05) is 6.54 Å². The molecule has 25 heavy (non-hydrogen) atoms. The number of methoxy groups -OCH3 is 2. The molecule has 5 nitrogen and oxygen atoms in total. The standard InChI is InChI=1S/C17H19Cl2NO4S/c1-23-14-4-6-17(24-2)13(10-14)7-8-20-25(21,22)11-12-3-5-15(18)16(19)9-12/h3-6,9-10,20H,7-8,11H2,1-2H3. The van der Waals surface area contributed by atoms with Crippen molar-refractivity contribution in [2.75, 3.05) is 20.8 Å². The SMILES string of the molecule is COc1ccc(OC)c(CCNS(=O)(=O)Cc2ccc(Cl)c(Cl)c2)c1. The summed E-state index contributed by atoms with van der Waals surface area (Å²) in [7, 11) is -0.349. The van der Waals surface area contributed by atoms with Gasteiger partial charge >= 0.3 is 0 Å². The molecule has 0 saturated heterocycles. The maximum absolute atomic E-state index is 12.2. The lowest BCUT2D eigenvalue weighted by Crippen LogP contribution is -2.27. The Morgan fingerprint density at radius 2 is 1.76 bits per heavy atom. The Kier molecular flexibility index (Phi) is 6.95. The number of hydrogen-bond donors (Lipinski definition) is 1. The molecule has 0 aromatic heterocycles. The second-order valence-corrected chi connectivity index (χ2v) is 7.95. The lowest BCUT2D eigenvalue weighted by atomic mass is 10.1. The first-order valence-electron chi connectivity index (χ1n) is 7.47. The maximum Gasteiger partial charge on any atom is 0.215 e. The summed E-state index contributed by atoms with van der Waals surface area (Å²) >= 11 is 11.8. The van der Waals surface area contributed by atoms with E-state index in [4.69, 9.17) is 32.7 Å². The summed E-state index contributed by atoms with van der Waals surface area (Å²) in [5.74, 6) is 1.21. The lowest BCUT2D eigenvalue weighted by Gasteiger charge is -2.11. The van der Waals surface area contributed by atoms with Crippen LogP contribution >= 0.6 is 23.2 Å². The Hall–Kier alpha value is -1.47. The predicted octanol–water partition coefficient (Wildman–Crippen LogP) is 3.67. The van der Waals surface area contributed by atoms with E-state index in [1.807, 2.05) is 6.07 Å². The smallest absolute Gasteiger partial charge is 0.215 e. The van der Waals surface area contributed by atoms with Gasteiger partial charge in [0.15, 0.2) is 0 Å². The minimum atomic E-state index is -3.49. The Morgan fingerprint density at radius 1 is 1.00 bits per heavy atom. The van der Waals surface area contributed by atoms with E-state index >= 15 is 0 Å². The number of rotatable bonds is 8. The van der Waals surface area contributed by atoms with E-state index in [-0.39, 0.29) is 12.3 Å². The number of benzene rings is 2.